The highest BCUT2D eigenvalue weighted by molar-refractivity contribution is 14.0. The standard InChI is InChI=1S/C14H30N4.HI/c1-5-8-16-14(15-4)17-10-13-7-6-9-18(13)11-12(2)3;/h12-13H,5-11H2,1-4H3,(H2,15,16,17);1H/t13-;/m1./s1. The molecule has 1 atom stereocenters. The van der Waals surface area contributed by atoms with Gasteiger partial charge < -0.3 is 10.6 Å². The molecular formula is C14H31IN4. The number of nitrogens with zero attached hydrogens (tertiary/aromatic N) is 2. The van der Waals surface area contributed by atoms with E-state index in [-0.39, 0.29) is 24.0 Å². The highest BCUT2D eigenvalue weighted by Crippen LogP contribution is 2.17. The summed E-state index contributed by atoms with van der Waals surface area (Å²) in [6, 6.07) is 0.674. The Morgan fingerprint density at radius 1 is 1.37 bits per heavy atom. The number of nitrogens with one attached hydrogen (secondary N) is 2. The molecule has 1 aliphatic rings. The lowest BCUT2D eigenvalue weighted by molar-refractivity contribution is 0.226. The maximum absolute atomic E-state index is 4.25. The zero-order valence-electron chi connectivity index (χ0n) is 12.9. The van der Waals surface area contributed by atoms with E-state index in [9.17, 15) is 0 Å². The average molecular weight is 382 g/mol. The van der Waals surface area contributed by atoms with Crippen LogP contribution in [0.15, 0.2) is 4.99 Å². The molecule has 1 aliphatic heterocycles. The molecule has 19 heavy (non-hydrogen) atoms. The van der Waals surface area contributed by atoms with Crippen molar-refractivity contribution >= 4 is 29.9 Å². The monoisotopic (exact) mass is 382 g/mol. The molecule has 1 heterocycles. The van der Waals surface area contributed by atoms with Crippen LogP contribution in [0.4, 0.5) is 0 Å². The first kappa shape index (κ1) is 19.0. The molecule has 5 heteroatoms. The van der Waals surface area contributed by atoms with Gasteiger partial charge in [0.1, 0.15) is 0 Å². The van der Waals surface area contributed by atoms with E-state index in [1.54, 1.807) is 0 Å². The van der Waals surface area contributed by atoms with Crippen LogP contribution in [0.1, 0.15) is 40.0 Å². The molecule has 4 nitrogen and oxygen atoms in total. The third-order valence-corrected chi connectivity index (χ3v) is 3.37. The number of hydrogen-bond acceptors (Lipinski definition) is 2. The van der Waals surface area contributed by atoms with Crippen molar-refractivity contribution in [2.45, 2.75) is 46.1 Å². The minimum Gasteiger partial charge on any atom is -0.356 e. The summed E-state index contributed by atoms with van der Waals surface area (Å²) in [6.07, 6.45) is 3.77. The number of likely N-dealkylation sites (tertiary alicyclic amines) is 1. The van der Waals surface area contributed by atoms with Crippen molar-refractivity contribution in [1.82, 2.24) is 15.5 Å². The predicted octanol–water partition coefficient (Wildman–Crippen LogP) is 2.30. The second-order valence-corrected chi connectivity index (χ2v) is 5.56. The van der Waals surface area contributed by atoms with Gasteiger partial charge in [-0.2, -0.15) is 0 Å². The molecule has 1 saturated heterocycles. The van der Waals surface area contributed by atoms with Crippen LogP contribution in [0.5, 0.6) is 0 Å². The van der Waals surface area contributed by atoms with Gasteiger partial charge in [-0.05, 0) is 31.7 Å². The fraction of sp³-hybridized carbons (Fsp3) is 0.929. The Balaban J connectivity index is 0.00000324. The van der Waals surface area contributed by atoms with Crippen LogP contribution in [0.25, 0.3) is 0 Å². The van der Waals surface area contributed by atoms with Crippen molar-refractivity contribution < 1.29 is 0 Å². The molecule has 0 spiro atoms. The Kier molecular flexibility index (Phi) is 10.7. The molecular weight excluding hydrogens is 351 g/mol. The summed E-state index contributed by atoms with van der Waals surface area (Å²) in [6.45, 7) is 11.2. The first-order valence-corrected chi connectivity index (χ1v) is 7.36. The van der Waals surface area contributed by atoms with E-state index in [1.807, 2.05) is 7.05 Å². The summed E-state index contributed by atoms with van der Waals surface area (Å²) in [5.41, 5.74) is 0. The van der Waals surface area contributed by atoms with Crippen LogP contribution >= 0.6 is 24.0 Å². The summed E-state index contributed by atoms with van der Waals surface area (Å²) in [5, 5.41) is 6.77. The molecule has 0 aliphatic carbocycles. The lowest BCUT2D eigenvalue weighted by atomic mass is 10.1. The van der Waals surface area contributed by atoms with Gasteiger partial charge in [0.2, 0.25) is 0 Å². The topological polar surface area (TPSA) is 39.7 Å². The van der Waals surface area contributed by atoms with E-state index in [0.29, 0.717) is 6.04 Å². The van der Waals surface area contributed by atoms with Crippen molar-refractivity contribution in [1.29, 1.82) is 0 Å². The fourth-order valence-electron chi connectivity index (χ4n) is 2.51. The lowest BCUT2D eigenvalue weighted by Gasteiger charge is -2.26. The largest absolute Gasteiger partial charge is 0.356 e. The summed E-state index contributed by atoms with van der Waals surface area (Å²) in [7, 11) is 1.84. The second kappa shape index (κ2) is 10.7. The molecule has 0 bridgehead atoms. The van der Waals surface area contributed by atoms with E-state index in [2.05, 4.69) is 41.3 Å². The molecule has 1 fully saturated rings. The van der Waals surface area contributed by atoms with Crippen molar-refractivity contribution in [3.05, 3.63) is 0 Å². The number of rotatable bonds is 6. The maximum Gasteiger partial charge on any atom is 0.191 e. The van der Waals surface area contributed by atoms with Gasteiger partial charge in [-0.25, -0.2) is 0 Å². The summed E-state index contributed by atoms with van der Waals surface area (Å²) in [5.74, 6) is 1.69. The van der Waals surface area contributed by atoms with Crippen molar-refractivity contribution in [2.75, 3.05) is 33.2 Å². The summed E-state index contributed by atoms with van der Waals surface area (Å²) in [4.78, 5) is 6.86. The van der Waals surface area contributed by atoms with Gasteiger partial charge in [-0.1, -0.05) is 20.8 Å². The molecule has 0 amide bonds. The van der Waals surface area contributed by atoms with Crippen LogP contribution in [0, 0.1) is 5.92 Å². The molecule has 0 aromatic carbocycles. The molecule has 0 radical (unpaired) electrons. The first-order valence-electron chi connectivity index (χ1n) is 7.36. The summed E-state index contributed by atoms with van der Waals surface area (Å²) >= 11 is 0. The van der Waals surface area contributed by atoms with Gasteiger partial charge in [0.05, 0.1) is 0 Å². The minimum absolute atomic E-state index is 0. The Hall–Kier alpha value is -0.0400. The van der Waals surface area contributed by atoms with E-state index in [1.165, 1.54) is 25.9 Å². The van der Waals surface area contributed by atoms with E-state index < -0.39 is 0 Å². The van der Waals surface area contributed by atoms with Crippen LogP contribution in [0.3, 0.4) is 0 Å². The second-order valence-electron chi connectivity index (χ2n) is 5.56. The van der Waals surface area contributed by atoms with Crippen LogP contribution in [-0.4, -0.2) is 50.1 Å². The van der Waals surface area contributed by atoms with Gasteiger partial charge >= 0.3 is 0 Å². The Bertz CT molecular complexity index is 256. The van der Waals surface area contributed by atoms with Crippen molar-refractivity contribution in [3.8, 4) is 0 Å². The van der Waals surface area contributed by atoms with Crippen LogP contribution in [-0.2, 0) is 0 Å². The number of aliphatic imine (C=N–C) groups is 1. The first-order chi connectivity index (χ1) is 8.67. The van der Waals surface area contributed by atoms with Gasteiger partial charge in [-0.15, -0.1) is 24.0 Å². The zero-order chi connectivity index (χ0) is 13.4. The highest BCUT2D eigenvalue weighted by Gasteiger charge is 2.24. The third-order valence-electron chi connectivity index (χ3n) is 3.37. The molecule has 2 N–H and O–H groups in total. The van der Waals surface area contributed by atoms with Crippen LogP contribution in [0.2, 0.25) is 0 Å². The van der Waals surface area contributed by atoms with E-state index in [4.69, 9.17) is 0 Å². The van der Waals surface area contributed by atoms with Gasteiger partial charge in [0, 0.05) is 32.7 Å². The van der Waals surface area contributed by atoms with Gasteiger partial charge in [0.15, 0.2) is 5.96 Å². The average Bonchev–Trinajstić information content (AvgIpc) is 2.76. The minimum atomic E-state index is 0. The smallest absolute Gasteiger partial charge is 0.191 e. The Morgan fingerprint density at radius 3 is 2.68 bits per heavy atom. The molecule has 0 aromatic rings. The van der Waals surface area contributed by atoms with E-state index >= 15 is 0 Å². The number of halogens is 1. The Labute approximate surface area is 135 Å². The summed E-state index contributed by atoms with van der Waals surface area (Å²) < 4.78 is 0. The zero-order valence-corrected chi connectivity index (χ0v) is 15.2. The fourth-order valence-corrected chi connectivity index (χ4v) is 2.51. The van der Waals surface area contributed by atoms with Crippen LogP contribution < -0.4 is 10.6 Å². The van der Waals surface area contributed by atoms with Gasteiger partial charge in [-0.3, -0.25) is 9.89 Å². The predicted molar refractivity (Wildman–Crippen MR) is 94.5 cm³/mol. The molecule has 1 rings (SSSR count). The van der Waals surface area contributed by atoms with E-state index in [0.717, 1.165) is 31.4 Å². The lowest BCUT2D eigenvalue weighted by Crippen LogP contribution is -2.45. The highest BCUT2D eigenvalue weighted by atomic mass is 127. The maximum atomic E-state index is 4.25. The molecule has 114 valence electrons. The van der Waals surface area contributed by atoms with Crippen molar-refractivity contribution in [2.24, 2.45) is 10.9 Å². The molecule has 0 aromatic heterocycles. The third kappa shape index (κ3) is 7.34. The number of hydrogen-bond donors (Lipinski definition) is 2. The van der Waals surface area contributed by atoms with Crippen molar-refractivity contribution in [3.63, 3.8) is 0 Å². The quantitative estimate of drug-likeness (QED) is 0.421. The number of guanidine groups is 1. The Morgan fingerprint density at radius 2 is 2.11 bits per heavy atom. The normalized spacial score (nSPS) is 20.5. The molecule has 0 unspecified atom stereocenters. The van der Waals surface area contributed by atoms with Gasteiger partial charge in [0.25, 0.3) is 0 Å². The molecule has 0 saturated carbocycles. The SMILES string of the molecule is CCCNC(=NC)NC[C@H]1CCCN1CC(C)C.I.